The van der Waals surface area contributed by atoms with Crippen molar-refractivity contribution in [3.8, 4) is 5.75 Å². The number of rotatable bonds is 6. The first-order chi connectivity index (χ1) is 13.5. The van der Waals surface area contributed by atoms with Crippen molar-refractivity contribution in [1.29, 1.82) is 0 Å². The van der Waals surface area contributed by atoms with Gasteiger partial charge in [-0.25, -0.2) is 0 Å². The number of methoxy groups -OCH3 is 1. The van der Waals surface area contributed by atoms with E-state index in [2.05, 4.69) is 10.3 Å². The molecule has 1 heterocycles. The minimum absolute atomic E-state index is 0.0963. The van der Waals surface area contributed by atoms with Gasteiger partial charge in [0.25, 0.3) is 5.91 Å². The lowest BCUT2D eigenvalue weighted by molar-refractivity contribution is -0.133. The van der Waals surface area contributed by atoms with E-state index in [-0.39, 0.29) is 12.2 Å². The molecule has 2 amide bonds. The van der Waals surface area contributed by atoms with Gasteiger partial charge < -0.3 is 10.1 Å². The Morgan fingerprint density at radius 1 is 1.18 bits per heavy atom. The summed E-state index contributed by atoms with van der Waals surface area (Å²) in [7, 11) is 1.51. The Balaban J connectivity index is 1.73. The molecule has 1 unspecified atom stereocenters. The van der Waals surface area contributed by atoms with Gasteiger partial charge in [-0.3, -0.25) is 14.4 Å². The normalized spacial score (nSPS) is 16.4. The number of amides is 2. The molecule has 1 N–H and O–H groups in total. The highest BCUT2D eigenvalue weighted by Crippen LogP contribution is 2.26. The summed E-state index contributed by atoms with van der Waals surface area (Å²) in [5.74, 6) is -0.802. The summed E-state index contributed by atoms with van der Waals surface area (Å²) in [5, 5.41) is 3.01. The SMILES string of the molecule is COc1ccc(C(C)=O)cc1CC1C(=O)N=C(SCc2ccccc2)NC1=O. The van der Waals surface area contributed by atoms with Crippen LogP contribution in [0.4, 0.5) is 0 Å². The summed E-state index contributed by atoms with van der Waals surface area (Å²) in [6, 6.07) is 14.7. The molecule has 0 spiro atoms. The Hall–Kier alpha value is -2.93. The molecule has 0 fully saturated rings. The number of nitrogens with one attached hydrogen (secondary N) is 1. The van der Waals surface area contributed by atoms with Gasteiger partial charge in [0.05, 0.1) is 7.11 Å². The maximum atomic E-state index is 12.5. The van der Waals surface area contributed by atoms with E-state index in [1.54, 1.807) is 18.2 Å². The van der Waals surface area contributed by atoms with E-state index >= 15 is 0 Å². The number of benzene rings is 2. The van der Waals surface area contributed by atoms with Crippen LogP contribution in [-0.2, 0) is 21.8 Å². The van der Waals surface area contributed by atoms with Crippen LogP contribution < -0.4 is 10.1 Å². The standard InChI is InChI=1S/C21H20N2O4S/c1-13(24)15-8-9-18(27-2)16(10-15)11-17-19(25)22-21(23-20(17)26)28-12-14-6-4-3-5-7-14/h3-10,17H,11-12H2,1-2H3,(H,22,23,25,26). The van der Waals surface area contributed by atoms with Crippen LogP contribution in [-0.4, -0.2) is 29.9 Å². The van der Waals surface area contributed by atoms with E-state index < -0.39 is 17.7 Å². The van der Waals surface area contributed by atoms with Crippen molar-refractivity contribution >= 4 is 34.5 Å². The summed E-state index contributed by atoms with van der Waals surface area (Å²) in [6.07, 6.45) is 0.120. The Labute approximate surface area is 167 Å². The van der Waals surface area contributed by atoms with Gasteiger partial charge in [0.1, 0.15) is 11.7 Å². The van der Waals surface area contributed by atoms with Crippen LogP contribution in [0.2, 0.25) is 0 Å². The fourth-order valence-corrected chi connectivity index (χ4v) is 3.69. The van der Waals surface area contributed by atoms with Gasteiger partial charge in [-0.15, -0.1) is 0 Å². The molecule has 6 nitrogen and oxygen atoms in total. The van der Waals surface area contributed by atoms with E-state index in [1.165, 1.54) is 25.8 Å². The number of carbonyl (C=O) groups excluding carboxylic acids is 3. The highest BCUT2D eigenvalue weighted by atomic mass is 32.2. The van der Waals surface area contributed by atoms with Crippen molar-refractivity contribution in [2.45, 2.75) is 19.1 Å². The number of aliphatic imine (C=N–C) groups is 1. The highest BCUT2D eigenvalue weighted by molar-refractivity contribution is 8.13. The molecule has 3 rings (SSSR count). The van der Waals surface area contributed by atoms with Crippen molar-refractivity contribution in [1.82, 2.24) is 5.32 Å². The van der Waals surface area contributed by atoms with Crippen LogP contribution in [0.15, 0.2) is 53.5 Å². The largest absolute Gasteiger partial charge is 0.496 e. The van der Waals surface area contributed by atoms with E-state index in [0.717, 1.165) is 5.56 Å². The first-order valence-electron chi connectivity index (χ1n) is 8.76. The van der Waals surface area contributed by atoms with E-state index in [4.69, 9.17) is 4.74 Å². The van der Waals surface area contributed by atoms with Gasteiger partial charge >= 0.3 is 0 Å². The molecular weight excluding hydrogens is 376 g/mol. The molecule has 144 valence electrons. The number of nitrogens with zero attached hydrogens (tertiary/aromatic N) is 1. The third-order valence-corrected chi connectivity index (χ3v) is 5.33. The predicted octanol–water partition coefficient (Wildman–Crippen LogP) is 3.00. The number of amidine groups is 1. The molecule has 2 aromatic rings. The van der Waals surface area contributed by atoms with Crippen LogP contribution in [0.3, 0.4) is 0 Å². The molecule has 0 radical (unpaired) electrons. The maximum absolute atomic E-state index is 12.5. The van der Waals surface area contributed by atoms with Crippen LogP contribution in [0.25, 0.3) is 0 Å². The van der Waals surface area contributed by atoms with Crippen molar-refractivity contribution in [2.24, 2.45) is 10.9 Å². The van der Waals surface area contributed by atoms with Gasteiger partial charge in [0, 0.05) is 11.3 Å². The second-order valence-electron chi connectivity index (χ2n) is 6.36. The first kappa shape index (κ1) is 19.8. The van der Waals surface area contributed by atoms with Crippen LogP contribution in [0.1, 0.15) is 28.4 Å². The van der Waals surface area contributed by atoms with Crippen LogP contribution in [0, 0.1) is 5.92 Å². The quantitative estimate of drug-likeness (QED) is 0.599. The Morgan fingerprint density at radius 2 is 1.93 bits per heavy atom. The van der Waals surface area contributed by atoms with Gasteiger partial charge in [-0.05, 0) is 42.7 Å². The molecule has 0 saturated heterocycles. The Bertz CT molecular complexity index is 941. The topological polar surface area (TPSA) is 84.8 Å². The number of ketones is 1. The third-order valence-electron chi connectivity index (χ3n) is 4.39. The highest BCUT2D eigenvalue weighted by Gasteiger charge is 2.33. The first-order valence-corrected chi connectivity index (χ1v) is 9.74. The van der Waals surface area contributed by atoms with Crippen LogP contribution >= 0.6 is 11.8 Å². The molecule has 7 heteroatoms. The second kappa shape index (κ2) is 8.84. The molecule has 2 aromatic carbocycles. The van der Waals surface area contributed by atoms with Gasteiger partial charge in [0.2, 0.25) is 5.91 Å². The van der Waals surface area contributed by atoms with Crippen LogP contribution in [0.5, 0.6) is 5.75 Å². The van der Waals surface area contributed by atoms with E-state index in [1.807, 2.05) is 30.3 Å². The molecule has 0 aliphatic carbocycles. The number of carbonyl (C=O) groups is 3. The molecular formula is C21H20N2O4S. The fourth-order valence-electron chi connectivity index (χ4n) is 2.86. The molecule has 1 aliphatic heterocycles. The summed E-state index contributed by atoms with van der Waals surface area (Å²) >= 11 is 1.31. The zero-order chi connectivity index (χ0) is 20.1. The van der Waals surface area contributed by atoms with E-state index in [0.29, 0.717) is 27.8 Å². The molecule has 1 aliphatic rings. The number of thioether (sulfide) groups is 1. The molecule has 0 bridgehead atoms. The van der Waals surface area contributed by atoms with Crippen molar-refractivity contribution < 1.29 is 19.1 Å². The maximum Gasteiger partial charge on any atom is 0.261 e. The number of hydrogen-bond acceptors (Lipinski definition) is 5. The Morgan fingerprint density at radius 3 is 2.57 bits per heavy atom. The summed E-state index contributed by atoms with van der Waals surface area (Å²) in [4.78, 5) is 40.7. The Kier molecular flexibility index (Phi) is 6.26. The predicted molar refractivity (Wildman–Crippen MR) is 109 cm³/mol. The second-order valence-corrected chi connectivity index (χ2v) is 7.32. The molecule has 0 saturated carbocycles. The fraction of sp³-hybridized carbons (Fsp3) is 0.238. The van der Waals surface area contributed by atoms with Gasteiger partial charge in [0.15, 0.2) is 11.0 Å². The smallest absolute Gasteiger partial charge is 0.261 e. The minimum Gasteiger partial charge on any atom is -0.496 e. The van der Waals surface area contributed by atoms with Crippen molar-refractivity contribution in [3.63, 3.8) is 0 Å². The number of Topliss-reactive ketones (excluding diaryl/α,β-unsaturated/α-hetero) is 1. The third kappa shape index (κ3) is 4.67. The average Bonchev–Trinajstić information content (AvgIpc) is 2.69. The molecule has 28 heavy (non-hydrogen) atoms. The summed E-state index contributed by atoms with van der Waals surface area (Å²) in [5.41, 5.74) is 2.20. The zero-order valence-corrected chi connectivity index (χ0v) is 16.4. The van der Waals surface area contributed by atoms with Gasteiger partial charge in [-0.2, -0.15) is 4.99 Å². The monoisotopic (exact) mass is 396 g/mol. The molecule has 1 atom stereocenters. The zero-order valence-electron chi connectivity index (χ0n) is 15.6. The summed E-state index contributed by atoms with van der Waals surface area (Å²) in [6.45, 7) is 1.46. The van der Waals surface area contributed by atoms with Crippen molar-refractivity contribution in [2.75, 3.05) is 7.11 Å². The summed E-state index contributed by atoms with van der Waals surface area (Å²) < 4.78 is 5.31. The molecule has 0 aromatic heterocycles. The lowest BCUT2D eigenvalue weighted by atomic mass is 9.94. The van der Waals surface area contributed by atoms with Gasteiger partial charge in [-0.1, -0.05) is 42.1 Å². The number of ether oxygens (including phenoxy) is 1. The van der Waals surface area contributed by atoms with E-state index in [9.17, 15) is 14.4 Å². The lowest BCUT2D eigenvalue weighted by Crippen LogP contribution is -2.43. The van der Waals surface area contributed by atoms with Crippen molar-refractivity contribution in [3.05, 3.63) is 65.2 Å². The number of hydrogen-bond donors (Lipinski definition) is 1. The lowest BCUT2D eigenvalue weighted by Gasteiger charge is -2.20. The minimum atomic E-state index is -0.947. The average molecular weight is 396 g/mol.